The van der Waals surface area contributed by atoms with Crippen LogP contribution in [0.15, 0.2) is 72.8 Å². The van der Waals surface area contributed by atoms with E-state index in [1.807, 2.05) is 36.4 Å². The molecule has 1 aromatic heterocycles. The standard InChI is InChI=1S/C33H35Cl2N5O2/c1-42-33(41)25-14-16-40(17-15-25)32-28-4-2-3-5-29(28)36-30(37-32)22-38-18-20-39(21-19-38)31(23-6-10-26(34)11-7-23)24-8-12-27(35)13-9-24/h2-13,25,31H,14-22H2,1H3. The molecule has 9 heteroatoms. The molecule has 7 nitrogen and oxygen atoms in total. The maximum atomic E-state index is 12.1. The van der Waals surface area contributed by atoms with Crippen molar-refractivity contribution >= 4 is 45.9 Å². The van der Waals surface area contributed by atoms with Gasteiger partial charge in [-0.2, -0.15) is 0 Å². The summed E-state index contributed by atoms with van der Waals surface area (Å²) in [5, 5.41) is 2.53. The molecule has 2 fully saturated rings. The average molecular weight is 605 g/mol. The van der Waals surface area contributed by atoms with E-state index in [1.54, 1.807) is 0 Å². The van der Waals surface area contributed by atoms with Crippen molar-refractivity contribution in [3.8, 4) is 0 Å². The second-order valence-corrected chi connectivity index (χ2v) is 12.0. The normalized spacial score (nSPS) is 17.2. The molecule has 2 saturated heterocycles. The molecule has 0 amide bonds. The van der Waals surface area contributed by atoms with Gasteiger partial charge in [-0.25, -0.2) is 9.97 Å². The Morgan fingerprint density at radius 2 is 1.43 bits per heavy atom. The third-order valence-electron chi connectivity index (χ3n) is 8.47. The number of nitrogens with zero attached hydrogens (tertiary/aromatic N) is 5. The van der Waals surface area contributed by atoms with Crippen LogP contribution in [-0.4, -0.2) is 72.1 Å². The Bertz CT molecular complexity index is 1470. The van der Waals surface area contributed by atoms with Gasteiger partial charge in [0.15, 0.2) is 0 Å². The molecule has 218 valence electrons. The minimum Gasteiger partial charge on any atom is -0.469 e. The summed E-state index contributed by atoms with van der Waals surface area (Å²) in [6.07, 6.45) is 1.54. The fraction of sp³-hybridized carbons (Fsp3) is 0.364. The van der Waals surface area contributed by atoms with Gasteiger partial charge in [-0.15, -0.1) is 0 Å². The van der Waals surface area contributed by atoms with Crippen LogP contribution >= 0.6 is 23.2 Å². The van der Waals surface area contributed by atoms with E-state index in [9.17, 15) is 4.79 Å². The molecule has 0 saturated carbocycles. The van der Waals surface area contributed by atoms with Crippen molar-refractivity contribution in [1.82, 2.24) is 19.8 Å². The average Bonchev–Trinajstić information content (AvgIpc) is 3.03. The number of hydrogen-bond donors (Lipinski definition) is 0. The van der Waals surface area contributed by atoms with Crippen LogP contribution in [0.4, 0.5) is 5.82 Å². The number of anilines is 1. The number of benzene rings is 3. The summed E-state index contributed by atoms with van der Waals surface area (Å²) in [6.45, 7) is 5.89. The van der Waals surface area contributed by atoms with Gasteiger partial charge < -0.3 is 9.64 Å². The molecule has 2 aliphatic rings. The number of ether oxygens (including phenoxy) is 1. The topological polar surface area (TPSA) is 61.8 Å². The van der Waals surface area contributed by atoms with Gasteiger partial charge in [0.2, 0.25) is 0 Å². The first kappa shape index (κ1) is 28.9. The molecule has 0 N–H and O–H groups in total. The second-order valence-electron chi connectivity index (χ2n) is 11.1. The number of para-hydroxylation sites is 1. The monoisotopic (exact) mass is 603 g/mol. The predicted molar refractivity (Wildman–Crippen MR) is 168 cm³/mol. The summed E-state index contributed by atoms with van der Waals surface area (Å²) >= 11 is 12.4. The van der Waals surface area contributed by atoms with Crippen LogP contribution in [0.1, 0.15) is 35.8 Å². The lowest BCUT2D eigenvalue weighted by molar-refractivity contribution is -0.146. The Kier molecular flexibility index (Phi) is 8.91. The first-order valence-electron chi connectivity index (χ1n) is 14.5. The fourth-order valence-electron chi connectivity index (χ4n) is 6.20. The van der Waals surface area contributed by atoms with Crippen LogP contribution in [0.25, 0.3) is 10.9 Å². The van der Waals surface area contributed by atoms with Gasteiger partial charge in [-0.3, -0.25) is 14.6 Å². The first-order chi connectivity index (χ1) is 20.5. The molecule has 0 spiro atoms. The smallest absolute Gasteiger partial charge is 0.308 e. The molecule has 3 aromatic carbocycles. The van der Waals surface area contributed by atoms with Crippen LogP contribution in [0.2, 0.25) is 10.0 Å². The Hall–Kier alpha value is -3.23. The van der Waals surface area contributed by atoms with Gasteiger partial charge in [0.1, 0.15) is 11.6 Å². The van der Waals surface area contributed by atoms with Crippen LogP contribution < -0.4 is 4.90 Å². The van der Waals surface area contributed by atoms with Crippen LogP contribution in [0.3, 0.4) is 0 Å². The molecule has 4 aromatic rings. The number of aromatic nitrogens is 2. The van der Waals surface area contributed by atoms with E-state index < -0.39 is 0 Å². The third-order valence-corrected chi connectivity index (χ3v) is 8.97. The lowest BCUT2D eigenvalue weighted by Gasteiger charge is -2.39. The van der Waals surface area contributed by atoms with Crippen LogP contribution in [-0.2, 0) is 16.1 Å². The molecular weight excluding hydrogens is 569 g/mol. The molecule has 2 aliphatic heterocycles. The van der Waals surface area contributed by atoms with Crippen LogP contribution in [0.5, 0.6) is 0 Å². The van der Waals surface area contributed by atoms with Crippen molar-refractivity contribution in [3.63, 3.8) is 0 Å². The number of piperazine rings is 1. The van der Waals surface area contributed by atoms with Crippen molar-refractivity contribution in [3.05, 3.63) is 99.8 Å². The maximum absolute atomic E-state index is 12.1. The summed E-state index contributed by atoms with van der Waals surface area (Å²) in [6, 6.07) is 24.7. The Morgan fingerprint density at radius 3 is 2.02 bits per heavy atom. The van der Waals surface area contributed by atoms with Gasteiger partial charge in [-0.05, 0) is 60.4 Å². The van der Waals surface area contributed by atoms with E-state index in [2.05, 4.69) is 51.1 Å². The summed E-state index contributed by atoms with van der Waals surface area (Å²) in [7, 11) is 1.47. The fourth-order valence-corrected chi connectivity index (χ4v) is 6.45. The molecule has 0 unspecified atom stereocenters. The molecule has 0 bridgehead atoms. The number of hydrogen-bond acceptors (Lipinski definition) is 7. The number of methoxy groups -OCH3 is 1. The number of esters is 1. The van der Waals surface area contributed by atoms with Gasteiger partial charge in [0.05, 0.1) is 31.1 Å². The quantitative estimate of drug-likeness (QED) is 0.232. The lowest BCUT2D eigenvalue weighted by atomic mass is 9.96. The van der Waals surface area contributed by atoms with E-state index in [1.165, 1.54) is 18.2 Å². The van der Waals surface area contributed by atoms with E-state index >= 15 is 0 Å². The number of carbonyl (C=O) groups is 1. The van der Waals surface area contributed by atoms with Crippen molar-refractivity contribution in [2.45, 2.75) is 25.4 Å². The van der Waals surface area contributed by atoms with Crippen molar-refractivity contribution in [2.75, 3.05) is 51.3 Å². The zero-order valence-electron chi connectivity index (χ0n) is 23.8. The molecule has 0 aliphatic carbocycles. The minimum atomic E-state index is -0.114. The number of rotatable bonds is 7. The summed E-state index contributed by atoms with van der Waals surface area (Å²) in [5.41, 5.74) is 3.39. The van der Waals surface area contributed by atoms with Crippen molar-refractivity contribution < 1.29 is 9.53 Å². The highest BCUT2D eigenvalue weighted by atomic mass is 35.5. The largest absolute Gasteiger partial charge is 0.469 e. The molecule has 0 atom stereocenters. The molecule has 6 rings (SSSR count). The van der Waals surface area contributed by atoms with Crippen molar-refractivity contribution in [2.24, 2.45) is 5.92 Å². The summed E-state index contributed by atoms with van der Waals surface area (Å²) in [5.74, 6) is 1.64. The van der Waals surface area contributed by atoms with Crippen molar-refractivity contribution in [1.29, 1.82) is 0 Å². The Morgan fingerprint density at radius 1 is 0.833 bits per heavy atom. The molecule has 0 radical (unpaired) electrons. The maximum Gasteiger partial charge on any atom is 0.308 e. The second kappa shape index (κ2) is 13.0. The number of piperidine rings is 1. The van der Waals surface area contributed by atoms with E-state index in [-0.39, 0.29) is 17.9 Å². The summed E-state index contributed by atoms with van der Waals surface area (Å²) in [4.78, 5) is 29.4. The third kappa shape index (κ3) is 6.40. The van der Waals surface area contributed by atoms with Gasteiger partial charge in [0, 0.05) is 54.7 Å². The van der Waals surface area contributed by atoms with E-state index in [4.69, 9.17) is 37.9 Å². The Labute approximate surface area is 257 Å². The highest BCUT2D eigenvalue weighted by molar-refractivity contribution is 6.30. The molecule has 42 heavy (non-hydrogen) atoms. The lowest BCUT2D eigenvalue weighted by Crippen LogP contribution is -2.47. The van der Waals surface area contributed by atoms with Gasteiger partial charge in [0.25, 0.3) is 0 Å². The SMILES string of the molecule is COC(=O)C1CCN(c2nc(CN3CCN(C(c4ccc(Cl)cc4)c4ccc(Cl)cc4)CC3)nc3ccccc23)CC1. The van der Waals surface area contributed by atoms with Crippen LogP contribution in [0, 0.1) is 5.92 Å². The molecule has 3 heterocycles. The number of halogens is 2. The number of carbonyl (C=O) groups excluding carboxylic acids is 1. The zero-order chi connectivity index (χ0) is 29.1. The van der Waals surface area contributed by atoms with E-state index in [0.29, 0.717) is 6.54 Å². The highest BCUT2D eigenvalue weighted by Crippen LogP contribution is 2.32. The number of fused-ring (bicyclic) bond motifs is 1. The first-order valence-corrected chi connectivity index (χ1v) is 15.3. The Balaban J connectivity index is 1.17. The molecular formula is C33H35Cl2N5O2. The summed E-state index contributed by atoms with van der Waals surface area (Å²) < 4.78 is 4.98. The van der Waals surface area contributed by atoms with E-state index in [0.717, 1.165) is 84.7 Å². The predicted octanol–water partition coefficient (Wildman–Crippen LogP) is 6.23. The van der Waals surface area contributed by atoms with Gasteiger partial charge >= 0.3 is 5.97 Å². The minimum absolute atomic E-state index is 0.0420. The van der Waals surface area contributed by atoms with Gasteiger partial charge in [-0.1, -0.05) is 59.6 Å². The highest BCUT2D eigenvalue weighted by Gasteiger charge is 2.29. The zero-order valence-corrected chi connectivity index (χ0v) is 25.3.